The van der Waals surface area contributed by atoms with Crippen LogP contribution in [0.5, 0.6) is 0 Å². The molecule has 1 saturated heterocycles. The Morgan fingerprint density at radius 1 is 1.15 bits per heavy atom. The van der Waals surface area contributed by atoms with E-state index in [2.05, 4.69) is 13.8 Å². The van der Waals surface area contributed by atoms with Gasteiger partial charge in [0, 0.05) is 0 Å². The second-order valence-electron chi connectivity index (χ2n) is 4.83. The summed E-state index contributed by atoms with van der Waals surface area (Å²) >= 11 is 5.82. The minimum Gasteiger partial charge on any atom is -0.0975 e. The van der Waals surface area contributed by atoms with E-state index in [1.165, 1.54) is 50.6 Å². The number of hydrogen-bond donors (Lipinski definition) is 0. The van der Waals surface area contributed by atoms with Crippen molar-refractivity contribution in [2.75, 3.05) is 18.5 Å². The molecule has 0 radical (unpaired) electrons. The molecule has 1 heterocycles. The van der Waals surface area contributed by atoms with Crippen LogP contribution in [0.25, 0.3) is 0 Å². The molecule has 2 heteroatoms. The van der Waals surface area contributed by atoms with Gasteiger partial charge in [-0.2, -0.15) is 0 Å². The molecule has 0 spiro atoms. The van der Waals surface area contributed by atoms with Crippen LogP contribution in [0, 0.1) is 5.92 Å². The van der Waals surface area contributed by atoms with Crippen LogP contribution < -0.4 is 0 Å². The average molecular weight is 218 g/mol. The van der Waals surface area contributed by atoms with Crippen molar-refractivity contribution in [1.29, 1.82) is 0 Å². The van der Waals surface area contributed by atoms with E-state index in [4.69, 9.17) is 11.8 Å². The third-order valence-electron chi connectivity index (χ3n) is 2.98. The first-order valence-corrected chi connectivity index (χ1v) is 9.05. The van der Waals surface area contributed by atoms with Gasteiger partial charge in [0.2, 0.25) is 0 Å². The molecule has 0 aliphatic carbocycles. The number of hydrogen-bond acceptors (Lipinski definition) is 1. The van der Waals surface area contributed by atoms with Crippen LogP contribution in [0.15, 0.2) is 0 Å². The topological polar surface area (TPSA) is 0 Å². The van der Waals surface area contributed by atoms with Gasteiger partial charge in [-0.15, -0.1) is 0 Å². The van der Waals surface area contributed by atoms with Crippen molar-refractivity contribution in [2.24, 2.45) is 5.92 Å². The van der Waals surface area contributed by atoms with Crippen LogP contribution >= 0.6 is 6.04 Å². The predicted molar refractivity (Wildman–Crippen MR) is 66.8 cm³/mol. The van der Waals surface area contributed by atoms with Crippen LogP contribution in [0.3, 0.4) is 0 Å². The maximum Gasteiger partial charge on any atom is -0.0235 e. The molecule has 1 aliphatic rings. The molecule has 0 bridgehead atoms. The Kier molecular flexibility index (Phi) is 4.97. The summed E-state index contributed by atoms with van der Waals surface area (Å²) < 4.78 is 0. The van der Waals surface area contributed by atoms with E-state index in [-0.39, 0.29) is 0 Å². The lowest BCUT2D eigenvalue weighted by molar-refractivity contribution is 0.577. The normalized spacial score (nSPS) is 22.1. The molecule has 13 heavy (non-hydrogen) atoms. The van der Waals surface area contributed by atoms with Crippen molar-refractivity contribution in [1.82, 2.24) is 0 Å². The zero-order valence-corrected chi connectivity index (χ0v) is 10.8. The Labute approximate surface area is 88.5 Å². The molecule has 0 saturated carbocycles. The lowest BCUT2D eigenvalue weighted by Crippen LogP contribution is -2.06. The zero-order valence-electron chi connectivity index (χ0n) is 9.09. The van der Waals surface area contributed by atoms with E-state index < -0.39 is 6.04 Å². The van der Waals surface area contributed by atoms with Gasteiger partial charge in [-0.05, 0) is 49.7 Å². The summed E-state index contributed by atoms with van der Waals surface area (Å²) in [5.74, 6) is 0.867. The summed E-state index contributed by atoms with van der Waals surface area (Å²) in [5, 5.41) is 0. The first kappa shape index (κ1) is 11.7. The first-order chi connectivity index (χ1) is 6.12. The Hall–Kier alpha value is 0.650. The Morgan fingerprint density at radius 3 is 2.31 bits per heavy atom. The second kappa shape index (κ2) is 5.51. The lowest BCUT2D eigenvalue weighted by Gasteiger charge is -2.26. The lowest BCUT2D eigenvalue weighted by atomic mass is 10.1. The van der Waals surface area contributed by atoms with Gasteiger partial charge >= 0.3 is 0 Å². The maximum absolute atomic E-state index is 5.82. The molecule has 0 atom stereocenters. The summed E-state index contributed by atoms with van der Waals surface area (Å²) in [6, 6.07) is -0.836. The first-order valence-electron chi connectivity index (χ1n) is 5.69. The average Bonchev–Trinajstić information content (AvgIpc) is 2.04. The molecule has 0 aromatic rings. The smallest absolute Gasteiger partial charge is 0.0235 e. The van der Waals surface area contributed by atoms with E-state index in [9.17, 15) is 0 Å². The molecule has 0 amide bonds. The summed E-state index contributed by atoms with van der Waals surface area (Å²) in [6.45, 7) is 4.63. The van der Waals surface area contributed by atoms with Crippen LogP contribution in [0.4, 0.5) is 0 Å². The summed E-state index contributed by atoms with van der Waals surface area (Å²) in [5.41, 5.74) is 0. The highest BCUT2D eigenvalue weighted by atomic mass is 32.4. The van der Waals surface area contributed by atoms with Gasteiger partial charge in [0.1, 0.15) is 0 Å². The third kappa shape index (κ3) is 4.61. The van der Waals surface area contributed by atoms with Crippen LogP contribution in [-0.2, 0) is 11.8 Å². The highest BCUT2D eigenvalue weighted by Gasteiger charge is 2.19. The molecular weight excluding hydrogens is 195 g/mol. The standard InChI is InChI=1S/C11H23PS/c1-11(2)7-6-10-12(13)8-4-3-5-9-12/h11H,3-10H2,1-2H3. The summed E-state index contributed by atoms with van der Waals surface area (Å²) in [6.07, 6.45) is 11.3. The molecule has 0 aromatic heterocycles. The molecular formula is C11H23PS. The van der Waals surface area contributed by atoms with Crippen molar-refractivity contribution in [3.63, 3.8) is 0 Å². The Balaban J connectivity index is 2.21. The fraction of sp³-hybridized carbons (Fsp3) is 1.00. The number of rotatable bonds is 4. The molecule has 0 aromatic carbocycles. The fourth-order valence-electron chi connectivity index (χ4n) is 2.10. The largest absolute Gasteiger partial charge is 0.0975 e. The van der Waals surface area contributed by atoms with Crippen molar-refractivity contribution in [3.8, 4) is 0 Å². The minimum absolute atomic E-state index is 0.836. The molecule has 78 valence electrons. The van der Waals surface area contributed by atoms with Gasteiger partial charge in [-0.1, -0.05) is 38.5 Å². The summed E-state index contributed by atoms with van der Waals surface area (Å²) in [4.78, 5) is 0. The van der Waals surface area contributed by atoms with Crippen LogP contribution in [-0.4, -0.2) is 18.5 Å². The van der Waals surface area contributed by atoms with Crippen molar-refractivity contribution >= 4 is 17.8 Å². The summed E-state index contributed by atoms with van der Waals surface area (Å²) in [7, 11) is 0. The second-order valence-corrected chi connectivity index (χ2v) is 10.6. The van der Waals surface area contributed by atoms with Gasteiger partial charge in [0.05, 0.1) is 0 Å². The molecule has 0 N–H and O–H groups in total. The van der Waals surface area contributed by atoms with E-state index in [1.807, 2.05) is 0 Å². The van der Waals surface area contributed by atoms with Crippen LogP contribution in [0.2, 0.25) is 0 Å². The van der Waals surface area contributed by atoms with Gasteiger partial charge < -0.3 is 0 Å². The van der Waals surface area contributed by atoms with Gasteiger partial charge in [0.25, 0.3) is 0 Å². The fourth-order valence-corrected chi connectivity index (χ4v) is 6.29. The molecule has 0 unspecified atom stereocenters. The monoisotopic (exact) mass is 218 g/mol. The van der Waals surface area contributed by atoms with Crippen molar-refractivity contribution in [2.45, 2.75) is 46.0 Å². The SMILES string of the molecule is CC(C)CCCP1(=S)CCCCC1. The van der Waals surface area contributed by atoms with Crippen molar-refractivity contribution < 1.29 is 0 Å². The van der Waals surface area contributed by atoms with E-state index >= 15 is 0 Å². The van der Waals surface area contributed by atoms with Crippen LogP contribution in [0.1, 0.15) is 46.0 Å². The van der Waals surface area contributed by atoms with E-state index in [1.54, 1.807) is 0 Å². The van der Waals surface area contributed by atoms with Gasteiger partial charge in [-0.25, -0.2) is 0 Å². The van der Waals surface area contributed by atoms with E-state index in [0.29, 0.717) is 0 Å². The van der Waals surface area contributed by atoms with Crippen molar-refractivity contribution in [3.05, 3.63) is 0 Å². The Bertz CT molecular complexity index is 177. The quantitative estimate of drug-likeness (QED) is 0.641. The predicted octanol–water partition coefficient (Wildman–Crippen LogP) is 4.09. The van der Waals surface area contributed by atoms with Gasteiger partial charge in [-0.3, -0.25) is 0 Å². The highest BCUT2D eigenvalue weighted by molar-refractivity contribution is 8.14. The highest BCUT2D eigenvalue weighted by Crippen LogP contribution is 2.51. The molecule has 1 rings (SSSR count). The maximum atomic E-state index is 5.82. The molecule has 0 nitrogen and oxygen atoms in total. The zero-order chi connectivity index (χ0) is 9.73. The Morgan fingerprint density at radius 2 is 1.77 bits per heavy atom. The minimum atomic E-state index is -0.836. The van der Waals surface area contributed by atoms with Gasteiger partial charge in [0.15, 0.2) is 0 Å². The molecule has 1 fully saturated rings. The third-order valence-corrected chi connectivity index (χ3v) is 8.02. The molecule has 1 aliphatic heterocycles. The van der Waals surface area contributed by atoms with E-state index in [0.717, 1.165) is 5.92 Å².